The first-order valence-electron chi connectivity index (χ1n) is 10.5. The van der Waals surface area contributed by atoms with E-state index in [9.17, 15) is 5.11 Å². The predicted octanol–water partition coefficient (Wildman–Crippen LogP) is 4.23. The number of fused-ring (bicyclic) bond motifs is 1. The molecule has 0 aliphatic carbocycles. The molecule has 2 aliphatic heterocycles. The summed E-state index contributed by atoms with van der Waals surface area (Å²) in [6.07, 6.45) is 3.70. The van der Waals surface area contributed by atoms with Crippen LogP contribution >= 0.6 is 35.0 Å². The first kappa shape index (κ1) is 22.0. The molecular weight excluding hydrogens is 467 g/mol. The molecule has 10 heteroatoms. The quantitative estimate of drug-likeness (QED) is 0.564. The molecule has 1 spiro atoms. The second-order valence-electron chi connectivity index (χ2n) is 8.44. The summed E-state index contributed by atoms with van der Waals surface area (Å²) < 4.78 is 2.04. The van der Waals surface area contributed by atoms with Crippen molar-refractivity contribution < 1.29 is 5.11 Å². The SMILES string of the molecule is Cc1nc(N2CCC3(CC2)Cn2nccc2[C@H]3N)c(CO)nc1Sc1cccc(Cl)c1Cl. The van der Waals surface area contributed by atoms with Gasteiger partial charge in [-0.2, -0.15) is 5.10 Å². The largest absolute Gasteiger partial charge is 0.390 e. The number of nitrogens with two attached hydrogens (primary N) is 1. The molecule has 1 atom stereocenters. The van der Waals surface area contributed by atoms with E-state index in [-0.39, 0.29) is 18.1 Å². The van der Waals surface area contributed by atoms with Gasteiger partial charge in [0.25, 0.3) is 0 Å². The topological polar surface area (TPSA) is 93.1 Å². The summed E-state index contributed by atoms with van der Waals surface area (Å²) in [4.78, 5) is 12.6. The first-order chi connectivity index (χ1) is 15.4. The molecule has 2 aliphatic rings. The number of aromatic nitrogens is 4. The number of halogens is 2. The maximum Gasteiger partial charge on any atom is 0.153 e. The third-order valence-corrected chi connectivity index (χ3v) is 8.67. The van der Waals surface area contributed by atoms with Gasteiger partial charge in [0.05, 0.1) is 34.1 Å². The van der Waals surface area contributed by atoms with Crippen molar-refractivity contribution >= 4 is 40.8 Å². The van der Waals surface area contributed by atoms with Gasteiger partial charge in [0.2, 0.25) is 0 Å². The number of piperidine rings is 1. The fraction of sp³-hybridized carbons (Fsp3) is 0.409. The van der Waals surface area contributed by atoms with Crippen molar-refractivity contribution in [2.24, 2.45) is 11.1 Å². The van der Waals surface area contributed by atoms with Crippen LogP contribution < -0.4 is 10.6 Å². The molecule has 7 nitrogen and oxygen atoms in total. The molecule has 4 heterocycles. The molecule has 168 valence electrons. The average molecular weight is 491 g/mol. The van der Waals surface area contributed by atoms with Crippen LogP contribution in [0.15, 0.2) is 40.4 Å². The van der Waals surface area contributed by atoms with Crippen LogP contribution in [-0.4, -0.2) is 37.9 Å². The molecule has 1 fully saturated rings. The van der Waals surface area contributed by atoms with Gasteiger partial charge >= 0.3 is 0 Å². The summed E-state index contributed by atoms with van der Waals surface area (Å²) in [7, 11) is 0. The maximum absolute atomic E-state index is 10.0. The van der Waals surface area contributed by atoms with Crippen LogP contribution in [0.1, 0.15) is 36.0 Å². The zero-order valence-electron chi connectivity index (χ0n) is 17.6. The molecule has 2 aromatic heterocycles. The molecule has 1 saturated heterocycles. The Labute approximate surface area is 200 Å². The molecule has 1 aromatic carbocycles. The van der Waals surface area contributed by atoms with Crippen LogP contribution in [0.4, 0.5) is 5.82 Å². The van der Waals surface area contributed by atoms with Crippen molar-refractivity contribution in [1.82, 2.24) is 19.7 Å². The number of hydrogen-bond acceptors (Lipinski definition) is 7. The van der Waals surface area contributed by atoms with E-state index in [1.54, 1.807) is 6.07 Å². The van der Waals surface area contributed by atoms with E-state index >= 15 is 0 Å². The summed E-state index contributed by atoms with van der Waals surface area (Å²) >= 11 is 13.9. The minimum Gasteiger partial charge on any atom is -0.390 e. The third-order valence-electron chi connectivity index (χ3n) is 6.60. The van der Waals surface area contributed by atoms with Crippen LogP contribution in [0.5, 0.6) is 0 Å². The summed E-state index contributed by atoms with van der Waals surface area (Å²) in [6.45, 7) is 4.22. The normalized spacial score (nSPS) is 19.5. The molecule has 0 unspecified atom stereocenters. The molecule has 5 rings (SSSR count). The van der Waals surface area contributed by atoms with E-state index in [0.717, 1.165) is 54.6 Å². The van der Waals surface area contributed by atoms with Crippen molar-refractivity contribution in [2.75, 3.05) is 18.0 Å². The van der Waals surface area contributed by atoms with Crippen LogP contribution in [0.25, 0.3) is 0 Å². The monoisotopic (exact) mass is 490 g/mol. The summed E-state index contributed by atoms with van der Waals surface area (Å²) in [5.41, 5.74) is 9.11. The van der Waals surface area contributed by atoms with Gasteiger partial charge in [0.1, 0.15) is 10.7 Å². The lowest BCUT2D eigenvalue weighted by molar-refractivity contribution is 0.170. The minimum atomic E-state index is -0.185. The summed E-state index contributed by atoms with van der Waals surface area (Å²) in [6, 6.07) is 7.52. The van der Waals surface area contributed by atoms with E-state index < -0.39 is 0 Å². The number of aryl methyl sites for hydroxylation is 1. The summed E-state index contributed by atoms with van der Waals surface area (Å²) in [5.74, 6) is 0.741. The Bertz CT molecular complexity index is 1160. The number of aliphatic hydroxyl groups is 1. The zero-order chi connectivity index (χ0) is 22.5. The number of nitrogens with zero attached hydrogens (tertiary/aromatic N) is 5. The Balaban J connectivity index is 1.36. The van der Waals surface area contributed by atoms with E-state index in [0.29, 0.717) is 20.8 Å². The van der Waals surface area contributed by atoms with Crippen LogP contribution in [0.3, 0.4) is 0 Å². The van der Waals surface area contributed by atoms with Crippen molar-refractivity contribution in [2.45, 2.75) is 48.9 Å². The average Bonchev–Trinajstić information content (AvgIpc) is 3.34. The molecular formula is C22H24Cl2N6OS. The first-order valence-corrected chi connectivity index (χ1v) is 12.1. The Hall–Kier alpha value is -1.84. The number of rotatable bonds is 4. The number of benzene rings is 1. The lowest BCUT2D eigenvalue weighted by atomic mass is 9.73. The molecule has 0 amide bonds. The third kappa shape index (κ3) is 3.68. The van der Waals surface area contributed by atoms with Gasteiger partial charge in [-0.25, -0.2) is 9.97 Å². The Morgan fingerprint density at radius 3 is 2.72 bits per heavy atom. The van der Waals surface area contributed by atoms with E-state index in [1.165, 1.54) is 11.8 Å². The van der Waals surface area contributed by atoms with Gasteiger partial charge in [-0.05, 0) is 38.0 Å². The highest BCUT2D eigenvalue weighted by Crippen LogP contribution is 2.48. The second kappa shape index (κ2) is 8.50. The molecule has 0 bridgehead atoms. The highest BCUT2D eigenvalue weighted by molar-refractivity contribution is 7.99. The Morgan fingerprint density at radius 2 is 2.00 bits per heavy atom. The van der Waals surface area contributed by atoms with Crippen molar-refractivity contribution in [3.05, 3.63) is 57.6 Å². The predicted molar refractivity (Wildman–Crippen MR) is 126 cm³/mol. The highest BCUT2D eigenvalue weighted by atomic mass is 35.5. The fourth-order valence-corrected chi connectivity index (χ4v) is 6.11. The molecule has 32 heavy (non-hydrogen) atoms. The van der Waals surface area contributed by atoms with Crippen molar-refractivity contribution in [3.8, 4) is 0 Å². The second-order valence-corrected chi connectivity index (χ2v) is 10.3. The lowest BCUT2D eigenvalue weighted by Crippen LogP contribution is -2.45. The number of anilines is 1. The molecule has 0 radical (unpaired) electrons. The highest BCUT2D eigenvalue weighted by Gasteiger charge is 2.47. The minimum absolute atomic E-state index is 0.00139. The van der Waals surface area contributed by atoms with Crippen molar-refractivity contribution in [3.63, 3.8) is 0 Å². The van der Waals surface area contributed by atoms with Gasteiger partial charge in [-0.3, -0.25) is 4.68 Å². The smallest absolute Gasteiger partial charge is 0.153 e. The fourth-order valence-electron chi connectivity index (χ4n) is 4.73. The van der Waals surface area contributed by atoms with Crippen molar-refractivity contribution in [1.29, 1.82) is 0 Å². The Morgan fingerprint density at radius 1 is 1.22 bits per heavy atom. The van der Waals surface area contributed by atoms with E-state index in [2.05, 4.69) is 10.00 Å². The number of hydrogen-bond donors (Lipinski definition) is 2. The van der Waals surface area contributed by atoms with Gasteiger partial charge in [0, 0.05) is 36.1 Å². The van der Waals surface area contributed by atoms with Gasteiger partial charge in [-0.15, -0.1) is 0 Å². The van der Waals surface area contributed by atoms with E-state index in [4.69, 9.17) is 38.9 Å². The van der Waals surface area contributed by atoms with Crippen LogP contribution in [0, 0.1) is 12.3 Å². The van der Waals surface area contributed by atoms with Gasteiger partial charge in [0.15, 0.2) is 5.82 Å². The zero-order valence-corrected chi connectivity index (χ0v) is 20.0. The van der Waals surface area contributed by atoms with Gasteiger partial charge < -0.3 is 15.7 Å². The summed E-state index contributed by atoms with van der Waals surface area (Å²) in [5, 5.41) is 16.2. The number of aliphatic hydroxyl groups excluding tert-OH is 1. The van der Waals surface area contributed by atoms with Gasteiger partial charge in [-0.1, -0.05) is 41.0 Å². The maximum atomic E-state index is 10.0. The standard InChI is InChI=1S/C22H24Cl2N6OS/c1-13-21(32-17-4-2-3-14(23)18(17)24)28-15(11-31)20(27-13)29-9-6-22(7-10-29)12-30-16(19(22)25)5-8-26-30/h2-5,8,19,31H,6-7,9-12,25H2,1H3/t19-/m1/s1. The van der Waals surface area contributed by atoms with E-state index in [1.807, 2.05) is 36.0 Å². The molecule has 3 N–H and O–H groups in total. The molecule has 3 aromatic rings. The van der Waals surface area contributed by atoms with Crippen LogP contribution in [-0.2, 0) is 13.2 Å². The Kier molecular flexibility index (Phi) is 5.84. The molecule has 0 saturated carbocycles. The lowest BCUT2D eigenvalue weighted by Gasteiger charge is -2.42. The van der Waals surface area contributed by atoms with Crippen LogP contribution in [0.2, 0.25) is 10.0 Å².